The first kappa shape index (κ1) is 12.5. The summed E-state index contributed by atoms with van der Waals surface area (Å²) >= 11 is 6.00. The van der Waals surface area contributed by atoms with E-state index in [9.17, 15) is 4.79 Å². The van der Waals surface area contributed by atoms with Gasteiger partial charge in [0.15, 0.2) is 0 Å². The quantitative estimate of drug-likeness (QED) is 0.923. The third-order valence-electron chi connectivity index (χ3n) is 2.41. The van der Waals surface area contributed by atoms with E-state index in [1.807, 2.05) is 18.2 Å². The van der Waals surface area contributed by atoms with Crippen LogP contribution in [0.3, 0.4) is 0 Å². The van der Waals surface area contributed by atoms with Crippen LogP contribution in [0.5, 0.6) is 0 Å². The molecule has 0 spiro atoms. The van der Waals surface area contributed by atoms with Crippen LogP contribution >= 0.6 is 11.6 Å². The zero-order chi connectivity index (χ0) is 13.0. The molecule has 4 nitrogen and oxygen atoms in total. The maximum Gasteiger partial charge on any atom is 0.270 e. The van der Waals surface area contributed by atoms with Crippen molar-refractivity contribution in [1.29, 1.82) is 0 Å². The number of rotatable bonds is 3. The second-order valence-electron chi connectivity index (χ2n) is 3.76. The van der Waals surface area contributed by atoms with E-state index in [0.29, 0.717) is 23.1 Å². The number of hydrogen-bond donors (Lipinski definition) is 1. The third-order valence-corrected chi connectivity index (χ3v) is 2.77. The number of nitrogens with one attached hydrogen (secondary N) is 1. The van der Waals surface area contributed by atoms with Gasteiger partial charge < -0.3 is 5.32 Å². The Balaban J connectivity index is 2.03. The standard InChI is InChI=1S/C13H12ClN3O/c1-9-15-7-6-12(17-9)13(18)16-8-10-4-2-3-5-11(10)14/h2-7H,8H2,1H3,(H,16,18). The van der Waals surface area contributed by atoms with Crippen molar-refractivity contribution in [3.8, 4) is 0 Å². The summed E-state index contributed by atoms with van der Waals surface area (Å²) in [5.74, 6) is 0.334. The van der Waals surface area contributed by atoms with Gasteiger partial charge >= 0.3 is 0 Å². The Bertz CT molecular complexity index is 572. The molecule has 0 aliphatic carbocycles. The van der Waals surface area contributed by atoms with E-state index in [-0.39, 0.29) is 5.91 Å². The maximum absolute atomic E-state index is 11.8. The molecule has 0 unspecified atom stereocenters. The lowest BCUT2D eigenvalue weighted by Crippen LogP contribution is -2.24. The number of carbonyl (C=O) groups is 1. The van der Waals surface area contributed by atoms with Crippen molar-refractivity contribution in [2.45, 2.75) is 13.5 Å². The largest absolute Gasteiger partial charge is 0.347 e. The molecule has 18 heavy (non-hydrogen) atoms. The van der Waals surface area contributed by atoms with Crippen LogP contribution in [0.2, 0.25) is 5.02 Å². The van der Waals surface area contributed by atoms with Gasteiger partial charge in [-0.25, -0.2) is 9.97 Å². The van der Waals surface area contributed by atoms with E-state index in [1.54, 1.807) is 25.3 Å². The highest BCUT2D eigenvalue weighted by Crippen LogP contribution is 2.14. The van der Waals surface area contributed by atoms with E-state index in [0.717, 1.165) is 5.56 Å². The number of hydrogen-bond acceptors (Lipinski definition) is 3. The lowest BCUT2D eigenvalue weighted by molar-refractivity contribution is 0.0945. The first-order valence-electron chi connectivity index (χ1n) is 5.48. The Labute approximate surface area is 110 Å². The van der Waals surface area contributed by atoms with Crippen molar-refractivity contribution in [2.24, 2.45) is 0 Å². The van der Waals surface area contributed by atoms with Crippen LogP contribution in [0.25, 0.3) is 0 Å². The van der Waals surface area contributed by atoms with Crippen molar-refractivity contribution in [1.82, 2.24) is 15.3 Å². The molecule has 0 saturated carbocycles. The summed E-state index contributed by atoms with van der Waals surface area (Å²) in [6, 6.07) is 8.96. The highest BCUT2D eigenvalue weighted by Gasteiger charge is 2.08. The maximum atomic E-state index is 11.8. The van der Waals surface area contributed by atoms with Crippen molar-refractivity contribution in [3.63, 3.8) is 0 Å². The van der Waals surface area contributed by atoms with Crippen molar-refractivity contribution >= 4 is 17.5 Å². The van der Waals surface area contributed by atoms with Gasteiger partial charge in [0.25, 0.3) is 5.91 Å². The first-order chi connectivity index (χ1) is 8.66. The highest BCUT2D eigenvalue weighted by atomic mass is 35.5. The summed E-state index contributed by atoms with van der Waals surface area (Å²) in [5, 5.41) is 3.41. The van der Waals surface area contributed by atoms with Crippen molar-refractivity contribution in [3.05, 3.63) is 58.6 Å². The van der Waals surface area contributed by atoms with Gasteiger partial charge in [-0.05, 0) is 24.6 Å². The van der Waals surface area contributed by atoms with Crippen LogP contribution in [0.4, 0.5) is 0 Å². The first-order valence-corrected chi connectivity index (χ1v) is 5.86. The fraction of sp³-hybridized carbons (Fsp3) is 0.154. The van der Waals surface area contributed by atoms with Gasteiger partial charge in [-0.2, -0.15) is 0 Å². The highest BCUT2D eigenvalue weighted by molar-refractivity contribution is 6.31. The number of aromatic nitrogens is 2. The minimum absolute atomic E-state index is 0.236. The molecule has 1 aromatic carbocycles. The predicted molar refractivity (Wildman–Crippen MR) is 69.4 cm³/mol. The number of amides is 1. The fourth-order valence-electron chi connectivity index (χ4n) is 1.49. The van der Waals surface area contributed by atoms with Crippen LogP contribution in [-0.2, 0) is 6.54 Å². The summed E-state index contributed by atoms with van der Waals surface area (Å²) in [6.07, 6.45) is 1.56. The molecule has 0 aliphatic heterocycles. The topological polar surface area (TPSA) is 54.9 Å². The van der Waals surface area contributed by atoms with Gasteiger partial charge in [0.1, 0.15) is 11.5 Å². The number of halogens is 1. The van der Waals surface area contributed by atoms with Crippen LogP contribution in [0.15, 0.2) is 36.5 Å². The third kappa shape index (κ3) is 3.05. The summed E-state index contributed by atoms with van der Waals surface area (Å²) in [4.78, 5) is 19.8. The molecular formula is C13H12ClN3O. The lowest BCUT2D eigenvalue weighted by Gasteiger charge is -2.06. The molecule has 0 atom stereocenters. The smallest absolute Gasteiger partial charge is 0.270 e. The monoisotopic (exact) mass is 261 g/mol. The number of benzene rings is 1. The predicted octanol–water partition coefficient (Wildman–Crippen LogP) is 2.37. The minimum Gasteiger partial charge on any atom is -0.347 e. The van der Waals surface area contributed by atoms with Crippen molar-refractivity contribution in [2.75, 3.05) is 0 Å². The van der Waals surface area contributed by atoms with E-state index in [4.69, 9.17) is 11.6 Å². The number of aryl methyl sites for hydroxylation is 1. The van der Waals surface area contributed by atoms with Crippen LogP contribution in [-0.4, -0.2) is 15.9 Å². The van der Waals surface area contributed by atoms with Gasteiger partial charge in [0, 0.05) is 17.8 Å². The molecule has 1 aromatic heterocycles. The average Bonchev–Trinajstić information content (AvgIpc) is 2.37. The van der Waals surface area contributed by atoms with E-state index < -0.39 is 0 Å². The van der Waals surface area contributed by atoms with Gasteiger partial charge in [0.2, 0.25) is 0 Å². The molecule has 2 aromatic rings. The molecule has 0 radical (unpaired) electrons. The zero-order valence-electron chi connectivity index (χ0n) is 9.85. The summed E-state index contributed by atoms with van der Waals surface area (Å²) in [6.45, 7) is 2.12. The molecule has 2 rings (SSSR count). The van der Waals surface area contributed by atoms with Gasteiger partial charge in [-0.3, -0.25) is 4.79 Å². The molecule has 0 bridgehead atoms. The summed E-state index contributed by atoms with van der Waals surface area (Å²) < 4.78 is 0. The molecule has 0 aliphatic rings. The molecular weight excluding hydrogens is 250 g/mol. The van der Waals surface area contributed by atoms with Crippen LogP contribution in [0, 0.1) is 6.92 Å². The number of nitrogens with zero attached hydrogens (tertiary/aromatic N) is 2. The molecule has 1 N–H and O–H groups in total. The van der Waals surface area contributed by atoms with E-state index >= 15 is 0 Å². The molecule has 1 amide bonds. The minimum atomic E-state index is -0.236. The normalized spacial score (nSPS) is 10.1. The second kappa shape index (κ2) is 5.60. The molecule has 1 heterocycles. The fourth-order valence-corrected chi connectivity index (χ4v) is 1.69. The average molecular weight is 262 g/mol. The van der Waals surface area contributed by atoms with Crippen molar-refractivity contribution < 1.29 is 4.79 Å². The Kier molecular flexibility index (Phi) is 3.89. The Morgan fingerprint density at radius 1 is 1.33 bits per heavy atom. The molecule has 0 fully saturated rings. The van der Waals surface area contributed by atoms with E-state index in [1.165, 1.54) is 0 Å². The zero-order valence-corrected chi connectivity index (χ0v) is 10.6. The Morgan fingerprint density at radius 2 is 2.11 bits per heavy atom. The lowest BCUT2D eigenvalue weighted by atomic mass is 10.2. The molecule has 5 heteroatoms. The van der Waals surface area contributed by atoms with Gasteiger partial charge in [-0.15, -0.1) is 0 Å². The summed E-state index contributed by atoms with van der Waals surface area (Å²) in [5.41, 5.74) is 1.23. The van der Waals surface area contributed by atoms with Gasteiger partial charge in [0.05, 0.1) is 0 Å². The van der Waals surface area contributed by atoms with Crippen LogP contribution in [0.1, 0.15) is 21.9 Å². The SMILES string of the molecule is Cc1nccc(C(=O)NCc2ccccc2Cl)n1. The Morgan fingerprint density at radius 3 is 2.83 bits per heavy atom. The molecule has 92 valence electrons. The molecule has 0 saturated heterocycles. The Hall–Kier alpha value is -1.94. The second-order valence-corrected chi connectivity index (χ2v) is 4.17. The van der Waals surface area contributed by atoms with Crippen LogP contribution < -0.4 is 5.32 Å². The van der Waals surface area contributed by atoms with Gasteiger partial charge in [-0.1, -0.05) is 29.8 Å². The van der Waals surface area contributed by atoms with E-state index in [2.05, 4.69) is 15.3 Å². The summed E-state index contributed by atoms with van der Waals surface area (Å²) in [7, 11) is 0. The number of carbonyl (C=O) groups excluding carboxylic acids is 1.